The number of anilines is 1. The first-order chi connectivity index (χ1) is 8.25. The van der Waals surface area contributed by atoms with Crippen molar-refractivity contribution in [2.45, 2.75) is 26.9 Å². The highest BCUT2D eigenvalue weighted by molar-refractivity contribution is 5.95. The van der Waals surface area contributed by atoms with E-state index in [4.69, 9.17) is 4.74 Å². The van der Waals surface area contributed by atoms with Crippen LogP contribution in [0.25, 0.3) is 0 Å². The van der Waals surface area contributed by atoms with E-state index >= 15 is 0 Å². The van der Waals surface area contributed by atoms with E-state index in [0.717, 1.165) is 0 Å². The standard InChI is InChI=1S/C12H14F3NO2/c1-4-18-10-7(2)5-9(6-8(10)3)16-11(17)12(13,14)15/h5-6H,4H2,1-3H3,(H,16,17). The summed E-state index contributed by atoms with van der Waals surface area (Å²) in [4.78, 5) is 10.8. The maximum absolute atomic E-state index is 12.1. The minimum absolute atomic E-state index is 0.107. The number of carbonyl (C=O) groups is 1. The number of alkyl halides is 3. The maximum atomic E-state index is 12.1. The fraction of sp³-hybridized carbons (Fsp3) is 0.417. The van der Waals surface area contributed by atoms with Gasteiger partial charge in [0.2, 0.25) is 0 Å². The van der Waals surface area contributed by atoms with Gasteiger partial charge in [0.1, 0.15) is 5.75 Å². The Hall–Kier alpha value is -1.72. The molecule has 1 amide bonds. The van der Waals surface area contributed by atoms with Crippen LogP contribution in [0.1, 0.15) is 18.1 Å². The zero-order valence-electron chi connectivity index (χ0n) is 10.3. The van der Waals surface area contributed by atoms with Crippen LogP contribution in [0.2, 0.25) is 0 Å². The first-order valence-corrected chi connectivity index (χ1v) is 5.38. The predicted octanol–water partition coefficient (Wildman–Crippen LogP) is 3.20. The van der Waals surface area contributed by atoms with Crippen LogP contribution in [-0.2, 0) is 4.79 Å². The average molecular weight is 261 g/mol. The summed E-state index contributed by atoms with van der Waals surface area (Å²) in [6.45, 7) is 5.70. The molecule has 0 heterocycles. The summed E-state index contributed by atoms with van der Waals surface area (Å²) in [5.74, 6) is -1.35. The van der Waals surface area contributed by atoms with Gasteiger partial charge in [-0.15, -0.1) is 0 Å². The van der Waals surface area contributed by atoms with Gasteiger partial charge in [0, 0.05) is 5.69 Å². The van der Waals surface area contributed by atoms with Gasteiger partial charge in [0.15, 0.2) is 0 Å². The Balaban J connectivity index is 2.97. The van der Waals surface area contributed by atoms with Gasteiger partial charge in [0.05, 0.1) is 6.61 Å². The van der Waals surface area contributed by atoms with Crippen molar-refractivity contribution in [3.63, 3.8) is 0 Å². The molecule has 18 heavy (non-hydrogen) atoms. The van der Waals surface area contributed by atoms with Crippen LogP contribution >= 0.6 is 0 Å². The highest BCUT2D eigenvalue weighted by Gasteiger charge is 2.38. The summed E-state index contributed by atoms with van der Waals surface area (Å²) in [6, 6.07) is 2.89. The Morgan fingerprint density at radius 1 is 1.28 bits per heavy atom. The number of nitrogens with one attached hydrogen (secondary N) is 1. The van der Waals surface area contributed by atoms with Gasteiger partial charge in [-0.3, -0.25) is 4.79 Å². The minimum atomic E-state index is -4.89. The predicted molar refractivity (Wildman–Crippen MR) is 61.8 cm³/mol. The lowest BCUT2D eigenvalue weighted by Crippen LogP contribution is -2.30. The molecule has 100 valence electrons. The molecule has 0 aliphatic rings. The fourth-order valence-corrected chi connectivity index (χ4v) is 1.60. The maximum Gasteiger partial charge on any atom is 0.471 e. The fourth-order valence-electron chi connectivity index (χ4n) is 1.60. The van der Waals surface area contributed by atoms with Crippen molar-refractivity contribution in [2.24, 2.45) is 0 Å². The first kappa shape index (κ1) is 14.3. The van der Waals surface area contributed by atoms with Crippen molar-refractivity contribution in [1.82, 2.24) is 0 Å². The van der Waals surface area contributed by atoms with Crippen molar-refractivity contribution < 1.29 is 22.7 Å². The van der Waals surface area contributed by atoms with Crippen LogP contribution in [0.3, 0.4) is 0 Å². The summed E-state index contributed by atoms with van der Waals surface area (Å²) < 4.78 is 41.7. The number of halogens is 3. The molecule has 0 aliphatic carbocycles. The average Bonchev–Trinajstić information content (AvgIpc) is 2.22. The molecule has 0 bridgehead atoms. The number of ether oxygens (including phenoxy) is 1. The summed E-state index contributed by atoms with van der Waals surface area (Å²) in [7, 11) is 0. The SMILES string of the molecule is CCOc1c(C)cc(NC(=O)C(F)(F)F)cc1C. The van der Waals surface area contributed by atoms with Crippen LogP contribution in [0.5, 0.6) is 5.75 Å². The lowest BCUT2D eigenvalue weighted by atomic mass is 10.1. The van der Waals surface area contributed by atoms with E-state index < -0.39 is 12.1 Å². The number of rotatable bonds is 3. The van der Waals surface area contributed by atoms with Gasteiger partial charge in [-0.05, 0) is 44.0 Å². The lowest BCUT2D eigenvalue weighted by molar-refractivity contribution is -0.167. The smallest absolute Gasteiger partial charge is 0.471 e. The van der Waals surface area contributed by atoms with Crippen molar-refractivity contribution in [1.29, 1.82) is 0 Å². The van der Waals surface area contributed by atoms with Gasteiger partial charge in [0.25, 0.3) is 0 Å². The molecule has 6 heteroatoms. The molecule has 1 rings (SSSR count). The summed E-state index contributed by atoms with van der Waals surface area (Å²) in [6.07, 6.45) is -4.89. The molecule has 1 aromatic carbocycles. The van der Waals surface area contributed by atoms with Crippen LogP contribution in [-0.4, -0.2) is 18.7 Å². The van der Waals surface area contributed by atoms with Crippen molar-refractivity contribution in [2.75, 3.05) is 11.9 Å². The van der Waals surface area contributed by atoms with Gasteiger partial charge in [-0.25, -0.2) is 0 Å². The van der Waals surface area contributed by atoms with Crippen molar-refractivity contribution >= 4 is 11.6 Å². The molecule has 0 saturated heterocycles. The van der Waals surface area contributed by atoms with Crippen molar-refractivity contribution in [3.8, 4) is 5.75 Å². The molecule has 0 fully saturated rings. The minimum Gasteiger partial charge on any atom is -0.493 e. The van der Waals surface area contributed by atoms with Gasteiger partial charge < -0.3 is 10.1 Å². The van der Waals surface area contributed by atoms with Crippen LogP contribution in [0, 0.1) is 13.8 Å². The molecule has 0 radical (unpaired) electrons. The second kappa shape index (κ2) is 5.29. The number of carbonyl (C=O) groups excluding carboxylic acids is 1. The normalized spacial score (nSPS) is 11.2. The summed E-state index contributed by atoms with van der Waals surface area (Å²) in [5.41, 5.74) is 1.46. The van der Waals surface area contributed by atoms with Gasteiger partial charge >= 0.3 is 12.1 Å². The Labute approximate surface area is 103 Å². The first-order valence-electron chi connectivity index (χ1n) is 5.38. The highest BCUT2D eigenvalue weighted by Crippen LogP contribution is 2.28. The number of aryl methyl sites for hydroxylation is 2. The topological polar surface area (TPSA) is 38.3 Å². The third kappa shape index (κ3) is 3.38. The van der Waals surface area contributed by atoms with Crippen LogP contribution in [0.4, 0.5) is 18.9 Å². The molecule has 0 spiro atoms. The zero-order chi connectivity index (χ0) is 13.9. The summed E-state index contributed by atoms with van der Waals surface area (Å²) >= 11 is 0. The van der Waals surface area contributed by atoms with E-state index in [1.54, 1.807) is 13.8 Å². The van der Waals surface area contributed by atoms with E-state index in [-0.39, 0.29) is 5.69 Å². The Kier molecular flexibility index (Phi) is 4.21. The second-order valence-electron chi connectivity index (χ2n) is 3.82. The third-order valence-electron chi connectivity index (χ3n) is 2.26. The van der Waals surface area contributed by atoms with Gasteiger partial charge in [-0.1, -0.05) is 0 Å². The largest absolute Gasteiger partial charge is 0.493 e. The molecule has 0 atom stereocenters. The second-order valence-corrected chi connectivity index (χ2v) is 3.82. The zero-order valence-corrected chi connectivity index (χ0v) is 10.3. The van der Waals surface area contributed by atoms with Crippen LogP contribution in [0.15, 0.2) is 12.1 Å². The van der Waals surface area contributed by atoms with E-state index in [9.17, 15) is 18.0 Å². The molecule has 0 aromatic heterocycles. The third-order valence-corrected chi connectivity index (χ3v) is 2.26. The number of benzene rings is 1. The molecule has 0 saturated carbocycles. The summed E-state index contributed by atoms with van der Waals surface area (Å²) in [5, 5.41) is 1.81. The molecular weight excluding hydrogens is 247 g/mol. The monoisotopic (exact) mass is 261 g/mol. The molecule has 1 aromatic rings. The van der Waals surface area contributed by atoms with Gasteiger partial charge in [-0.2, -0.15) is 13.2 Å². The highest BCUT2D eigenvalue weighted by atomic mass is 19.4. The lowest BCUT2D eigenvalue weighted by Gasteiger charge is -2.14. The van der Waals surface area contributed by atoms with E-state index in [1.165, 1.54) is 12.1 Å². The van der Waals surface area contributed by atoms with Crippen molar-refractivity contribution in [3.05, 3.63) is 23.3 Å². The number of hydrogen-bond acceptors (Lipinski definition) is 2. The molecule has 3 nitrogen and oxygen atoms in total. The quantitative estimate of drug-likeness (QED) is 0.907. The van der Waals surface area contributed by atoms with E-state index in [2.05, 4.69) is 0 Å². The Morgan fingerprint density at radius 2 is 1.78 bits per heavy atom. The van der Waals surface area contributed by atoms with Crippen LogP contribution < -0.4 is 10.1 Å². The molecule has 0 aliphatic heterocycles. The molecular formula is C12H14F3NO2. The number of hydrogen-bond donors (Lipinski definition) is 1. The Morgan fingerprint density at radius 3 is 2.17 bits per heavy atom. The molecule has 1 N–H and O–H groups in total. The molecule has 0 unspecified atom stereocenters. The van der Waals surface area contributed by atoms with E-state index in [0.29, 0.717) is 23.5 Å². The number of amides is 1. The van der Waals surface area contributed by atoms with E-state index in [1.807, 2.05) is 12.2 Å². The Bertz CT molecular complexity index is 432.